The lowest BCUT2D eigenvalue weighted by molar-refractivity contribution is -0.167. The van der Waals surface area contributed by atoms with Crippen molar-refractivity contribution in [2.45, 2.75) is 309 Å². The van der Waals surface area contributed by atoms with Gasteiger partial charge in [0.1, 0.15) is 13.2 Å². The predicted octanol–water partition coefficient (Wildman–Crippen LogP) is 18.9. The van der Waals surface area contributed by atoms with Gasteiger partial charge in [0.05, 0.1) is 0 Å². The highest BCUT2D eigenvalue weighted by molar-refractivity contribution is 5.71. The maximum atomic E-state index is 12.8. The Kier molecular flexibility index (Phi) is 52.3. The maximum absolute atomic E-state index is 12.8. The molecule has 0 fully saturated rings. The fourth-order valence-corrected chi connectivity index (χ4v) is 8.29. The molecular formula is C59H108O6. The third-order valence-corrected chi connectivity index (χ3v) is 12.6. The molecular weight excluding hydrogens is 805 g/mol. The normalized spacial score (nSPS) is 12.2. The Bertz CT molecular complexity index is 1090. The highest BCUT2D eigenvalue weighted by Gasteiger charge is 2.19. The largest absolute Gasteiger partial charge is 0.462 e. The molecule has 0 spiro atoms. The Morgan fingerprint density at radius 1 is 0.308 bits per heavy atom. The molecule has 6 heteroatoms. The summed E-state index contributed by atoms with van der Waals surface area (Å²) in [5.41, 5.74) is 0. The maximum Gasteiger partial charge on any atom is 0.306 e. The first-order valence-corrected chi connectivity index (χ1v) is 28.5. The van der Waals surface area contributed by atoms with Crippen LogP contribution in [0.5, 0.6) is 0 Å². The average Bonchev–Trinajstić information content (AvgIpc) is 3.30. The van der Waals surface area contributed by atoms with Gasteiger partial charge in [-0.25, -0.2) is 0 Å². The standard InChI is InChI=1S/C59H108O6/c1-4-7-10-13-16-19-22-25-28-29-32-34-37-40-43-46-49-52-58(61)64-55-56(65-59(62)53-50-47-44-41-38-35-31-27-24-21-18-15-12-9-6-3)54-63-57(60)51-48-45-42-39-36-33-30-26-23-20-17-14-11-8-5-2/h16,19,21,24-25,28,56H,4-15,17-18,20,22-23,26-27,29-55H2,1-3H3/b19-16+,24-21+,28-25+/t56-/m1/s1. The number of unbranched alkanes of at least 4 members (excludes halogenated alkanes) is 35. The lowest BCUT2D eigenvalue weighted by Gasteiger charge is -2.18. The van der Waals surface area contributed by atoms with Gasteiger partial charge in [0, 0.05) is 19.3 Å². The van der Waals surface area contributed by atoms with Crippen LogP contribution in [0.25, 0.3) is 0 Å². The minimum atomic E-state index is -0.774. The molecule has 0 N–H and O–H groups in total. The van der Waals surface area contributed by atoms with E-state index in [2.05, 4.69) is 57.2 Å². The smallest absolute Gasteiger partial charge is 0.306 e. The predicted molar refractivity (Wildman–Crippen MR) is 279 cm³/mol. The van der Waals surface area contributed by atoms with E-state index in [0.717, 1.165) is 70.6 Å². The van der Waals surface area contributed by atoms with Crippen molar-refractivity contribution >= 4 is 17.9 Å². The van der Waals surface area contributed by atoms with Gasteiger partial charge in [0.25, 0.3) is 0 Å². The molecule has 0 saturated heterocycles. The van der Waals surface area contributed by atoms with Crippen LogP contribution in [-0.2, 0) is 28.6 Å². The molecule has 0 aromatic carbocycles. The van der Waals surface area contributed by atoms with Crippen LogP contribution in [0, 0.1) is 0 Å². The van der Waals surface area contributed by atoms with Crippen molar-refractivity contribution < 1.29 is 28.6 Å². The summed E-state index contributed by atoms with van der Waals surface area (Å²) in [4.78, 5) is 38.1. The SMILES string of the molecule is CCCCC/C=C/C/C=C/CCCCCCCCCC(=O)OC[C@@H](COC(=O)CCCCCCCCCCCCCCCCC)OC(=O)CCCCCCCCC/C=C/CCCCCC. The second kappa shape index (κ2) is 54.2. The molecule has 0 rings (SSSR count). The van der Waals surface area contributed by atoms with E-state index in [4.69, 9.17) is 14.2 Å². The zero-order valence-electron chi connectivity index (χ0n) is 43.5. The molecule has 65 heavy (non-hydrogen) atoms. The van der Waals surface area contributed by atoms with Gasteiger partial charge in [-0.1, -0.05) is 243 Å². The Hall–Kier alpha value is -2.37. The summed E-state index contributed by atoms with van der Waals surface area (Å²) in [6, 6.07) is 0. The van der Waals surface area contributed by atoms with Gasteiger partial charge >= 0.3 is 17.9 Å². The first-order chi connectivity index (χ1) is 32.0. The Labute approximate surface area is 404 Å². The van der Waals surface area contributed by atoms with Crippen molar-refractivity contribution in [1.82, 2.24) is 0 Å². The lowest BCUT2D eigenvalue weighted by atomic mass is 10.0. The quantitative estimate of drug-likeness (QED) is 0.0262. The van der Waals surface area contributed by atoms with E-state index in [-0.39, 0.29) is 31.1 Å². The van der Waals surface area contributed by atoms with E-state index >= 15 is 0 Å². The van der Waals surface area contributed by atoms with E-state index in [9.17, 15) is 14.4 Å². The number of ether oxygens (including phenoxy) is 3. The summed E-state index contributed by atoms with van der Waals surface area (Å²) in [5.74, 6) is -0.869. The molecule has 0 aromatic heterocycles. The zero-order chi connectivity index (χ0) is 47.2. The van der Waals surface area contributed by atoms with Crippen molar-refractivity contribution in [3.8, 4) is 0 Å². The molecule has 0 aromatic rings. The number of rotatable bonds is 52. The monoisotopic (exact) mass is 913 g/mol. The van der Waals surface area contributed by atoms with Crippen molar-refractivity contribution in [2.24, 2.45) is 0 Å². The molecule has 0 aliphatic rings. The van der Waals surface area contributed by atoms with Crippen LogP contribution in [0.4, 0.5) is 0 Å². The van der Waals surface area contributed by atoms with Gasteiger partial charge < -0.3 is 14.2 Å². The van der Waals surface area contributed by atoms with Gasteiger partial charge in [-0.15, -0.1) is 0 Å². The van der Waals surface area contributed by atoms with Gasteiger partial charge in [-0.2, -0.15) is 0 Å². The van der Waals surface area contributed by atoms with E-state index < -0.39 is 6.10 Å². The summed E-state index contributed by atoms with van der Waals surface area (Å²) in [5, 5.41) is 0. The molecule has 1 atom stereocenters. The number of hydrogen-bond donors (Lipinski definition) is 0. The van der Waals surface area contributed by atoms with E-state index in [1.165, 1.54) is 193 Å². The summed E-state index contributed by atoms with van der Waals surface area (Å²) in [6.45, 7) is 6.63. The second-order valence-electron chi connectivity index (χ2n) is 19.2. The topological polar surface area (TPSA) is 78.9 Å². The average molecular weight is 914 g/mol. The molecule has 0 saturated carbocycles. The third kappa shape index (κ3) is 52.5. The van der Waals surface area contributed by atoms with E-state index in [0.29, 0.717) is 19.3 Å². The molecule has 0 unspecified atom stereocenters. The second-order valence-corrected chi connectivity index (χ2v) is 19.2. The van der Waals surface area contributed by atoms with Gasteiger partial charge in [0.2, 0.25) is 0 Å². The van der Waals surface area contributed by atoms with Crippen LogP contribution < -0.4 is 0 Å². The van der Waals surface area contributed by atoms with Crippen LogP contribution in [0.15, 0.2) is 36.5 Å². The number of esters is 3. The van der Waals surface area contributed by atoms with Gasteiger partial charge in [0.15, 0.2) is 6.10 Å². The fraction of sp³-hybridized carbons (Fsp3) is 0.847. The third-order valence-electron chi connectivity index (χ3n) is 12.6. The van der Waals surface area contributed by atoms with Crippen molar-refractivity contribution in [3.63, 3.8) is 0 Å². The molecule has 380 valence electrons. The molecule has 0 radical (unpaired) electrons. The number of carbonyl (C=O) groups excluding carboxylic acids is 3. The highest BCUT2D eigenvalue weighted by Crippen LogP contribution is 2.16. The minimum absolute atomic E-state index is 0.0728. The Morgan fingerprint density at radius 3 is 0.908 bits per heavy atom. The molecule has 0 aliphatic heterocycles. The van der Waals surface area contributed by atoms with Crippen molar-refractivity contribution in [1.29, 1.82) is 0 Å². The lowest BCUT2D eigenvalue weighted by Crippen LogP contribution is -2.30. The van der Waals surface area contributed by atoms with Crippen molar-refractivity contribution in [2.75, 3.05) is 13.2 Å². The van der Waals surface area contributed by atoms with Crippen LogP contribution in [0.2, 0.25) is 0 Å². The summed E-state index contributed by atoms with van der Waals surface area (Å²) in [7, 11) is 0. The number of hydrogen-bond acceptors (Lipinski definition) is 6. The summed E-state index contributed by atoms with van der Waals surface area (Å²) >= 11 is 0. The van der Waals surface area contributed by atoms with Gasteiger partial charge in [-0.3, -0.25) is 14.4 Å². The Morgan fingerprint density at radius 2 is 0.554 bits per heavy atom. The first kappa shape index (κ1) is 62.6. The minimum Gasteiger partial charge on any atom is -0.462 e. The number of carbonyl (C=O) groups is 3. The first-order valence-electron chi connectivity index (χ1n) is 28.5. The van der Waals surface area contributed by atoms with Gasteiger partial charge in [-0.05, 0) is 77.0 Å². The van der Waals surface area contributed by atoms with Crippen LogP contribution >= 0.6 is 0 Å². The molecule has 0 bridgehead atoms. The fourth-order valence-electron chi connectivity index (χ4n) is 8.29. The highest BCUT2D eigenvalue weighted by atomic mass is 16.6. The van der Waals surface area contributed by atoms with Crippen molar-refractivity contribution in [3.05, 3.63) is 36.5 Å². The number of allylic oxidation sites excluding steroid dienone is 6. The van der Waals surface area contributed by atoms with Crippen LogP contribution in [-0.4, -0.2) is 37.2 Å². The summed E-state index contributed by atoms with van der Waals surface area (Å²) < 4.78 is 16.9. The molecule has 0 aliphatic carbocycles. The van der Waals surface area contributed by atoms with E-state index in [1.807, 2.05) is 0 Å². The summed E-state index contributed by atoms with van der Waals surface area (Å²) in [6.07, 6.45) is 64.1. The molecule has 0 heterocycles. The molecule has 6 nitrogen and oxygen atoms in total. The zero-order valence-corrected chi connectivity index (χ0v) is 43.5. The molecule has 0 amide bonds. The van der Waals surface area contributed by atoms with Crippen LogP contribution in [0.1, 0.15) is 303 Å². The van der Waals surface area contributed by atoms with E-state index in [1.54, 1.807) is 0 Å². The Balaban J connectivity index is 4.36. The van der Waals surface area contributed by atoms with Crippen LogP contribution in [0.3, 0.4) is 0 Å².